The number of ether oxygens (including phenoxy) is 1. The summed E-state index contributed by atoms with van der Waals surface area (Å²) in [6.07, 6.45) is 1.54. The summed E-state index contributed by atoms with van der Waals surface area (Å²) in [7, 11) is -2.55. The predicted molar refractivity (Wildman–Crippen MR) is 80.3 cm³/mol. The van der Waals surface area contributed by atoms with Crippen molar-refractivity contribution in [2.45, 2.75) is 36.8 Å². The summed E-state index contributed by atoms with van der Waals surface area (Å²) in [5.41, 5.74) is 0.868. The summed E-state index contributed by atoms with van der Waals surface area (Å²) < 4.78 is 28.4. The second-order valence-corrected chi connectivity index (χ2v) is 7.58. The van der Waals surface area contributed by atoms with Gasteiger partial charge in [0, 0.05) is 0 Å². The molecule has 116 valence electrons. The van der Waals surface area contributed by atoms with Gasteiger partial charge >= 0.3 is 5.97 Å². The van der Waals surface area contributed by atoms with Gasteiger partial charge in [0.2, 0.25) is 0 Å². The van der Waals surface area contributed by atoms with E-state index in [0.717, 1.165) is 5.57 Å². The molecule has 0 fully saturated rings. The molecule has 0 amide bonds. The quantitative estimate of drug-likeness (QED) is 0.817. The normalized spacial score (nSPS) is 14.1. The third-order valence-corrected chi connectivity index (χ3v) is 5.74. The number of hydrogen-bond donors (Lipinski definition) is 1. The van der Waals surface area contributed by atoms with Crippen LogP contribution in [0, 0.1) is 0 Å². The Balaban J connectivity index is 3.33. The number of methoxy groups -OCH3 is 1. The van der Waals surface area contributed by atoms with Crippen molar-refractivity contribution in [1.29, 1.82) is 0 Å². The molecule has 1 aromatic rings. The Morgan fingerprint density at radius 2 is 1.81 bits per heavy atom. The molecule has 21 heavy (non-hydrogen) atoms. The summed E-state index contributed by atoms with van der Waals surface area (Å²) >= 11 is 0. The number of sulfone groups is 1. The van der Waals surface area contributed by atoms with Crippen LogP contribution in [-0.4, -0.2) is 31.4 Å². The third kappa shape index (κ3) is 3.44. The molecule has 0 aliphatic carbocycles. The van der Waals surface area contributed by atoms with Gasteiger partial charge < -0.3 is 9.84 Å². The van der Waals surface area contributed by atoms with Crippen LogP contribution in [0.4, 0.5) is 0 Å². The lowest BCUT2D eigenvalue weighted by molar-refractivity contribution is -0.139. The highest BCUT2D eigenvalue weighted by Crippen LogP contribution is 2.31. The van der Waals surface area contributed by atoms with Crippen LogP contribution in [0.3, 0.4) is 0 Å². The Morgan fingerprint density at radius 1 is 1.29 bits per heavy atom. The summed E-state index contributed by atoms with van der Waals surface area (Å²) in [6, 6.07) is 5.71. The Morgan fingerprint density at radius 3 is 2.19 bits per heavy atom. The van der Waals surface area contributed by atoms with Gasteiger partial charge in [-0.25, -0.2) is 8.42 Å². The largest absolute Gasteiger partial charge is 0.497 e. The van der Waals surface area contributed by atoms with E-state index in [1.165, 1.54) is 38.3 Å². The van der Waals surface area contributed by atoms with Crippen molar-refractivity contribution in [1.82, 2.24) is 0 Å². The molecule has 0 heterocycles. The standard InChI is InChI=1S/C15H20O5S/c1-11(2)9-10-15(3,14(16)17)21(18,19)13-7-5-12(20-4)6-8-13/h5-9H,10H2,1-4H3,(H,16,17)/t15-/m0/s1. The minimum atomic E-state index is -4.02. The van der Waals surface area contributed by atoms with E-state index in [2.05, 4.69) is 0 Å². The molecule has 0 radical (unpaired) electrons. The number of carbonyl (C=O) groups is 1. The Bertz CT molecular complexity index is 639. The molecule has 0 spiro atoms. The first-order valence-electron chi connectivity index (χ1n) is 6.40. The monoisotopic (exact) mass is 312 g/mol. The van der Waals surface area contributed by atoms with Gasteiger partial charge in [-0.3, -0.25) is 4.79 Å². The van der Waals surface area contributed by atoms with Gasteiger partial charge in [-0.2, -0.15) is 0 Å². The van der Waals surface area contributed by atoms with E-state index in [9.17, 15) is 18.3 Å². The molecule has 0 saturated heterocycles. The van der Waals surface area contributed by atoms with E-state index in [-0.39, 0.29) is 11.3 Å². The van der Waals surface area contributed by atoms with Crippen LogP contribution in [-0.2, 0) is 14.6 Å². The Hall–Kier alpha value is -1.82. The first-order chi connectivity index (χ1) is 9.65. The van der Waals surface area contributed by atoms with E-state index >= 15 is 0 Å². The van der Waals surface area contributed by atoms with Gasteiger partial charge in [0.15, 0.2) is 14.6 Å². The van der Waals surface area contributed by atoms with Gasteiger partial charge in [0.1, 0.15) is 5.75 Å². The van der Waals surface area contributed by atoms with E-state index in [1.807, 2.05) is 0 Å². The molecular weight excluding hydrogens is 292 g/mol. The second-order valence-electron chi connectivity index (χ2n) is 5.20. The molecule has 1 rings (SSSR count). The topological polar surface area (TPSA) is 80.7 Å². The Labute approximate surface area is 125 Å². The van der Waals surface area contributed by atoms with Crippen molar-refractivity contribution in [2.75, 3.05) is 7.11 Å². The van der Waals surface area contributed by atoms with Gasteiger partial charge in [-0.05, 0) is 51.5 Å². The zero-order chi connectivity index (χ0) is 16.3. The van der Waals surface area contributed by atoms with Crippen molar-refractivity contribution in [3.63, 3.8) is 0 Å². The van der Waals surface area contributed by atoms with Gasteiger partial charge in [-0.15, -0.1) is 0 Å². The maximum atomic E-state index is 12.7. The van der Waals surface area contributed by atoms with Crippen LogP contribution in [0.2, 0.25) is 0 Å². The number of aliphatic carboxylic acids is 1. The third-order valence-electron chi connectivity index (χ3n) is 3.32. The fourth-order valence-corrected chi connectivity index (χ4v) is 3.27. The number of carboxylic acids is 1. The molecule has 0 aliphatic rings. The number of allylic oxidation sites excluding steroid dienone is 2. The van der Waals surface area contributed by atoms with Crippen LogP contribution >= 0.6 is 0 Å². The molecule has 0 aromatic heterocycles. The zero-order valence-electron chi connectivity index (χ0n) is 12.6. The van der Waals surface area contributed by atoms with Crippen LogP contribution in [0.15, 0.2) is 40.8 Å². The molecule has 0 unspecified atom stereocenters. The summed E-state index contributed by atoms with van der Waals surface area (Å²) in [5.74, 6) is -0.855. The summed E-state index contributed by atoms with van der Waals surface area (Å²) in [4.78, 5) is 11.5. The molecule has 1 N–H and O–H groups in total. The molecule has 0 aliphatic heterocycles. The lowest BCUT2D eigenvalue weighted by Gasteiger charge is -2.24. The molecule has 1 aromatic carbocycles. The summed E-state index contributed by atoms with van der Waals surface area (Å²) in [5, 5.41) is 9.41. The second kappa shape index (κ2) is 6.30. The maximum absolute atomic E-state index is 12.7. The lowest BCUT2D eigenvalue weighted by atomic mass is 10.1. The van der Waals surface area contributed by atoms with Crippen LogP contribution < -0.4 is 4.74 Å². The average Bonchev–Trinajstić information content (AvgIpc) is 2.44. The van der Waals surface area contributed by atoms with E-state index in [1.54, 1.807) is 19.9 Å². The van der Waals surface area contributed by atoms with E-state index in [4.69, 9.17) is 4.74 Å². The van der Waals surface area contributed by atoms with Crippen LogP contribution in [0.25, 0.3) is 0 Å². The average molecular weight is 312 g/mol. The van der Waals surface area contributed by atoms with Crippen molar-refractivity contribution in [3.8, 4) is 5.75 Å². The SMILES string of the molecule is COc1ccc(S(=O)(=O)[C@@](C)(CC=C(C)C)C(=O)O)cc1. The van der Waals surface area contributed by atoms with Crippen molar-refractivity contribution >= 4 is 15.8 Å². The van der Waals surface area contributed by atoms with Gasteiger partial charge in [0.05, 0.1) is 12.0 Å². The van der Waals surface area contributed by atoms with E-state index in [0.29, 0.717) is 5.75 Å². The minimum absolute atomic E-state index is 0.0321. The number of benzene rings is 1. The first-order valence-corrected chi connectivity index (χ1v) is 7.89. The maximum Gasteiger partial charge on any atom is 0.325 e. The highest BCUT2D eigenvalue weighted by Gasteiger charge is 2.46. The van der Waals surface area contributed by atoms with Crippen molar-refractivity contribution < 1.29 is 23.1 Å². The number of rotatable bonds is 6. The molecular formula is C15H20O5S. The molecule has 0 saturated carbocycles. The first kappa shape index (κ1) is 17.2. The smallest absolute Gasteiger partial charge is 0.325 e. The molecule has 1 atom stereocenters. The minimum Gasteiger partial charge on any atom is -0.497 e. The molecule has 5 nitrogen and oxygen atoms in total. The van der Waals surface area contributed by atoms with Crippen molar-refractivity contribution in [2.24, 2.45) is 0 Å². The highest BCUT2D eigenvalue weighted by atomic mass is 32.2. The van der Waals surface area contributed by atoms with Crippen LogP contribution in [0.1, 0.15) is 27.2 Å². The fourth-order valence-electron chi connectivity index (χ4n) is 1.73. The van der Waals surface area contributed by atoms with Crippen LogP contribution in [0.5, 0.6) is 5.75 Å². The molecule has 0 bridgehead atoms. The highest BCUT2D eigenvalue weighted by molar-refractivity contribution is 7.93. The fraction of sp³-hybridized carbons (Fsp3) is 0.400. The zero-order valence-corrected chi connectivity index (χ0v) is 13.4. The van der Waals surface area contributed by atoms with Gasteiger partial charge in [0.25, 0.3) is 0 Å². The lowest BCUT2D eigenvalue weighted by Crippen LogP contribution is -2.43. The van der Waals surface area contributed by atoms with E-state index < -0.39 is 20.6 Å². The Kier molecular flexibility index (Phi) is 5.17. The predicted octanol–water partition coefficient (Wildman–Crippen LogP) is 2.67. The number of carboxylic acid groups (broad SMARTS) is 1. The van der Waals surface area contributed by atoms with Gasteiger partial charge in [-0.1, -0.05) is 11.6 Å². The molecule has 6 heteroatoms. The van der Waals surface area contributed by atoms with Crippen molar-refractivity contribution in [3.05, 3.63) is 35.9 Å². The number of hydrogen-bond acceptors (Lipinski definition) is 4. The summed E-state index contributed by atoms with van der Waals surface area (Å²) in [6.45, 7) is 4.82.